The summed E-state index contributed by atoms with van der Waals surface area (Å²) in [6, 6.07) is 4.02. The Balaban J connectivity index is 1.73. The second kappa shape index (κ2) is 5.67. The summed E-state index contributed by atoms with van der Waals surface area (Å²) in [6.45, 7) is 5.98. The van der Waals surface area contributed by atoms with Crippen LogP contribution >= 0.6 is 0 Å². The van der Waals surface area contributed by atoms with Crippen molar-refractivity contribution in [3.63, 3.8) is 0 Å². The van der Waals surface area contributed by atoms with Crippen LogP contribution in [0.1, 0.15) is 53.8 Å². The Hall–Kier alpha value is -2.15. The van der Waals surface area contributed by atoms with E-state index in [0.717, 1.165) is 39.5 Å². The first-order valence-corrected chi connectivity index (χ1v) is 11.3. The highest BCUT2D eigenvalue weighted by molar-refractivity contribution is 7.91. The number of pyridine rings is 1. The molecule has 0 bridgehead atoms. The van der Waals surface area contributed by atoms with E-state index >= 15 is 0 Å². The van der Waals surface area contributed by atoms with Crippen LogP contribution in [-0.2, 0) is 9.84 Å². The van der Waals surface area contributed by atoms with Crippen LogP contribution in [0.3, 0.4) is 0 Å². The third-order valence-electron chi connectivity index (χ3n) is 5.86. The first kappa shape index (κ1) is 17.0. The van der Waals surface area contributed by atoms with Crippen molar-refractivity contribution >= 4 is 20.9 Å². The number of sulfone groups is 1. The van der Waals surface area contributed by atoms with E-state index < -0.39 is 9.84 Å². The summed E-state index contributed by atoms with van der Waals surface area (Å²) in [6.07, 6.45) is 2.95. The van der Waals surface area contributed by atoms with Gasteiger partial charge in [-0.05, 0) is 69.2 Å². The minimum Gasteiger partial charge on any atom is -0.459 e. The molecule has 4 heterocycles. The van der Waals surface area contributed by atoms with E-state index in [1.54, 1.807) is 0 Å². The van der Waals surface area contributed by atoms with Crippen LogP contribution in [0, 0.1) is 20.8 Å². The lowest BCUT2D eigenvalue weighted by Gasteiger charge is -2.11. The van der Waals surface area contributed by atoms with E-state index in [4.69, 9.17) is 14.5 Å². The Morgan fingerprint density at radius 1 is 1.15 bits per heavy atom. The predicted molar refractivity (Wildman–Crippen MR) is 104 cm³/mol. The van der Waals surface area contributed by atoms with Crippen LogP contribution < -0.4 is 0 Å². The van der Waals surface area contributed by atoms with Gasteiger partial charge < -0.3 is 4.42 Å². The molecule has 1 atom stereocenters. The van der Waals surface area contributed by atoms with Gasteiger partial charge in [-0.2, -0.15) is 5.10 Å². The van der Waals surface area contributed by atoms with E-state index in [2.05, 4.69) is 6.07 Å². The smallest absolute Gasteiger partial charge is 0.159 e. The summed E-state index contributed by atoms with van der Waals surface area (Å²) in [4.78, 5) is 4.90. The van der Waals surface area contributed by atoms with Crippen molar-refractivity contribution in [1.82, 2.24) is 14.8 Å². The zero-order valence-electron chi connectivity index (χ0n) is 15.8. The number of aryl methyl sites for hydroxylation is 3. The molecule has 3 aromatic rings. The second-order valence-electron chi connectivity index (χ2n) is 8.01. The molecule has 0 spiro atoms. The SMILES string of the molecule is Cc1cc(-c2cc(C3CC3)c3c(C)nn(C4CCS(=O)(=O)C4)c3n2)oc1C. The topological polar surface area (TPSA) is 78.0 Å². The van der Waals surface area contributed by atoms with E-state index in [0.29, 0.717) is 12.3 Å². The van der Waals surface area contributed by atoms with Crippen LogP contribution in [0.25, 0.3) is 22.5 Å². The van der Waals surface area contributed by atoms with Crippen molar-refractivity contribution in [3.8, 4) is 11.5 Å². The van der Waals surface area contributed by atoms with Gasteiger partial charge in [0.05, 0.1) is 23.2 Å². The highest BCUT2D eigenvalue weighted by atomic mass is 32.2. The lowest BCUT2D eigenvalue weighted by molar-refractivity contribution is 0.508. The molecule has 1 unspecified atom stereocenters. The molecule has 2 fully saturated rings. The Kier molecular flexibility index (Phi) is 3.57. The maximum atomic E-state index is 12.0. The van der Waals surface area contributed by atoms with Crippen LogP contribution in [0.15, 0.2) is 16.5 Å². The quantitative estimate of drug-likeness (QED) is 0.684. The van der Waals surface area contributed by atoms with Crippen molar-refractivity contribution < 1.29 is 12.8 Å². The average molecular weight is 385 g/mol. The molecule has 27 heavy (non-hydrogen) atoms. The molecule has 2 aliphatic rings. The molecule has 0 radical (unpaired) electrons. The zero-order valence-corrected chi connectivity index (χ0v) is 16.6. The normalized spacial score (nSPS) is 22.0. The number of nitrogens with zero attached hydrogens (tertiary/aromatic N) is 3. The number of hydrogen-bond donors (Lipinski definition) is 0. The fraction of sp³-hybridized carbons (Fsp3) is 0.500. The lowest BCUT2D eigenvalue weighted by Crippen LogP contribution is -2.13. The van der Waals surface area contributed by atoms with Crippen LogP contribution in [-0.4, -0.2) is 34.7 Å². The zero-order chi connectivity index (χ0) is 18.9. The summed E-state index contributed by atoms with van der Waals surface area (Å²) >= 11 is 0. The van der Waals surface area contributed by atoms with Gasteiger partial charge in [0.25, 0.3) is 0 Å². The van der Waals surface area contributed by atoms with Crippen LogP contribution in [0.2, 0.25) is 0 Å². The van der Waals surface area contributed by atoms with Crippen molar-refractivity contribution in [1.29, 1.82) is 0 Å². The van der Waals surface area contributed by atoms with Gasteiger partial charge in [-0.25, -0.2) is 18.1 Å². The highest BCUT2D eigenvalue weighted by Crippen LogP contribution is 2.45. The first-order valence-electron chi connectivity index (χ1n) is 9.50. The number of furan rings is 1. The van der Waals surface area contributed by atoms with E-state index in [1.165, 1.54) is 18.4 Å². The van der Waals surface area contributed by atoms with Gasteiger partial charge in [-0.3, -0.25) is 0 Å². The molecule has 1 aliphatic carbocycles. The Bertz CT molecular complexity index is 1150. The molecule has 1 aliphatic heterocycles. The average Bonchev–Trinajstić information content (AvgIpc) is 3.22. The van der Waals surface area contributed by atoms with Crippen LogP contribution in [0.5, 0.6) is 0 Å². The molecule has 7 heteroatoms. The lowest BCUT2D eigenvalue weighted by atomic mass is 10.0. The molecule has 0 N–H and O–H groups in total. The monoisotopic (exact) mass is 385 g/mol. The molecular formula is C20H23N3O3S. The number of fused-ring (bicyclic) bond motifs is 1. The number of hydrogen-bond acceptors (Lipinski definition) is 5. The first-order chi connectivity index (χ1) is 12.8. The fourth-order valence-corrected chi connectivity index (χ4v) is 5.80. The van der Waals surface area contributed by atoms with Gasteiger partial charge in [0.15, 0.2) is 21.2 Å². The number of aromatic nitrogens is 3. The minimum atomic E-state index is -2.99. The predicted octanol–water partition coefficient (Wildman–Crippen LogP) is 3.85. The van der Waals surface area contributed by atoms with Gasteiger partial charge in [0.2, 0.25) is 0 Å². The molecule has 1 saturated carbocycles. The largest absolute Gasteiger partial charge is 0.459 e. The van der Waals surface area contributed by atoms with E-state index in [9.17, 15) is 8.42 Å². The summed E-state index contributed by atoms with van der Waals surface area (Å²) < 4.78 is 31.8. The molecule has 0 aromatic carbocycles. The molecule has 1 saturated heterocycles. The van der Waals surface area contributed by atoms with E-state index in [1.807, 2.05) is 31.5 Å². The third-order valence-corrected chi connectivity index (χ3v) is 7.61. The Labute approximate surface area is 158 Å². The van der Waals surface area contributed by atoms with Gasteiger partial charge >= 0.3 is 0 Å². The summed E-state index contributed by atoms with van der Waals surface area (Å²) in [7, 11) is -2.99. The maximum absolute atomic E-state index is 12.0. The standard InChI is InChI=1S/C20H23N3O3S/c1-11-8-18(26-13(11)3)17-9-16(14-4-5-14)19-12(2)22-23(20(19)21-17)15-6-7-27(24,25)10-15/h8-9,14-15H,4-7,10H2,1-3H3. The van der Waals surface area contributed by atoms with Crippen molar-refractivity contribution in [2.75, 3.05) is 11.5 Å². The van der Waals surface area contributed by atoms with Gasteiger partial charge in [-0.1, -0.05) is 0 Å². The summed E-state index contributed by atoms with van der Waals surface area (Å²) in [5.41, 5.74) is 4.91. The van der Waals surface area contributed by atoms with Gasteiger partial charge in [0, 0.05) is 5.39 Å². The maximum Gasteiger partial charge on any atom is 0.159 e. The molecule has 5 rings (SSSR count). The molecule has 6 nitrogen and oxygen atoms in total. The van der Waals surface area contributed by atoms with Crippen LogP contribution in [0.4, 0.5) is 0 Å². The second-order valence-corrected chi connectivity index (χ2v) is 10.2. The Morgan fingerprint density at radius 3 is 2.52 bits per heavy atom. The summed E-state index contributed by atoms with van der Waals surface area (Å²) in [5.74, 6) is 2.57. The highest BCUT2D eigenvalue weighted by Gasteiger charge is 2.34. The molecule has 142 valence electrons. The third kappa shape index (κ3) is 2.79. The number of rotatable bonds is 3. The molecular weight excluding hydrogens is 362 g/mol. The van der Waals surface area contributed by atoms with Crippen molar-refractivity contribution in [2.24, 2.45) is 0 Å². The molecule has 3 aromatic heterocycles. The fourth-order valence-electron chi connectivity index (χ4n) is 4.11. The van der Waals surface area contributed by atoms with Crippen molar-refractivity contribution in [3.05, 3.63) is 34.7 Å². The minimum absolute atomic E-state index is 0.138. The van der Waals surface area contributed by atoms with Gasteiger partial charge in [0.1, 0.15) is 11.5 Å². The van der Waals surface area contributed by atoms with Gasteiger partial charge in [-0.15, -0.1) is 0 Å². The summed E-state index contributed by atoms with van der Waals surface area (Å²) in [5, 5.41) is 5.81. The Morgan fingerprint density at radius 2 is 1.93 bits per heavy atom. The van der Waals surface area contributed by atoms with Crippen molar-refractivity contribution in [2.45, 2.75) is 52.0 Å². The van der Waals surface area contributed by atoms with E-state index in [-0.39, 0.29) is 17.5 Å². The molecule has 0 amide bonds.